The van der Waals surface area contributed by atoms with Gasteiger partial charge in [-0.05, 0) is 158 Å². The second kappa shape index (κ2) is 12.9. The van der Waals surface area contributed by atoms with Crippen molar-refractivity contribution < 1.29 is 9.47 Å². The first-order chi connectivity index (χ1) is 28.2. The summed E-state index contributed by atoms with van der Waals surface area (Å²) in [5, 5.41) is 2.44. The second-order valence-corrected chi connectivity index (χ2v) is 18.5. The highest BCUT2D eigenvalue weighted by atomic mass is 16.5. The number of ether oxygens (including phenoxy) is 2. The summed E-state index contributed by atoms with van der Waals surface area (Å²) in [5.74, 6) is 1.39. The zero-order valence-corrected chi connectivity index (χ0v) is 35.2. The Morgan fingerprint density at radius 3 is 1.39 bits per heavy atom. The number of aliphatic imine (C=N–C) groups is 2. The molecule has 7 aromatic carbocycles. The van der Waals surface area contributed by atoms with Crippen LogP contribution in [0.3, 0.4) is 0 Å². The molecule has 292 valence electrons. The van der Waals surface area contributed by atoms with Crippen molar-refractivity contribution in [2.75, 3.05) is 0 Å². The molecule has 4 heteroatoms. The highest BCUT2D eigenvalue weighted by molar-refractivity contribution is 6.11. The van der Waals surface area contributed by atoms with E-state index in [0.717, 1.165) is 27.8 Å². The van der Waals surface area contributed by atoms with Crippen LogP contribution in [0.25, 0.3) is 44.2 Å². The lowest BCUT2D eigenvalue weighted by molar-refractivity contribution is 0.0618. The molecule has 0 radical (unpaired) electrons. The molecule has 0 fully saturated rings. The minimum absolute atomic E-state index is 0.335. The molecule has 10 rings (SSSR count). The van der Waals surface area contributed by atoms with Crippen LogP contribution >= 0.6 is 0 Å². The van der Waals surface area contributed by atoms with Crippen molar-refractivity contribution in [1.29, 1.82) is 0 Å². The van der Waals surface area contributed by atoms with E-state index in [2.05, 4.69) is 213 Å². The maximum absolute atomic E-state index is 6.53. The third-order valence-corrected chi connectivity index (χ3v) is 13.8. The first-order valence-electron chi connectivity index (χ1n) is 20.8. The number of hydrogen-bond acceptors (Lipinski definition) is 4. The van der Waals surface area contributed by atoms with Gasteiger partial charge in [-0.1, -0.05) is 121 Å². The van der Waals surface area contributed by atoms with Gasteiger partial charge in [0.25, 0.3) is 0 Å². The second-order valence-electron chi connectivity index (χ2n) is 18.5. The third-order valence-electron chi connectivity index (χ3n) is 13.8. The van der Waals surface area contributed by atoms with Gasteiger partial charge in [-0.25, -0.2) is 9.98 Å². The summed E-state index contributed by atoms with van der Waals surface area (Å²) in [5.41, 5.74) is 11.9. The van der Waals surface area contributed by atoms with Crippen molar-refractivity contribution in [3.8, 4) is 33.4 Å². The lowest BCUT2D eigenvalue weighted by atomic mass is 9.67. The monoisotopic (exact) mass is 770 g/mol. The van der Waals surface area contributed by atoms with Crippen molar-refractivity contribution >= 4 is 22.6 Å². The molecule has 0 bridgehead atoms. The predicted molar refractivity (Wildman–Crippen MR) is 244 cm³/mol. The number of rotatable bonds is 6. The smallest absolute Gasteiger partial charge is 0.217 e. The quantitative estimate of drug-likeness (QED) is 0.169. The maximum atomic E-state index is 6.53. The predicted octanol–water partition coefficient (Wildman–Crippen LogP) is 13.2. The van der Waals surface area contributed by atoms with Crippen LogP contribution in [0.2, 0.25) is 0 Å². The van der Waals surface area contributed by atoms with Gasteiger partial charge in [-0.3, -0.25) is 0 Å². The van der Waals surface area contributed by atoms with Gasteiger partial charge >= 0.3 is 0 Å². The normalized spacial score (nSPS) is 18.6. The van der Waals surface area contributed by atoms with E-state index in [0.29, 0.717) is 11.8 Å². The summed E-state index contributed by atoms with van der Waals surface area (Å²) in [6.45, 7) is 17.0. The summed E-state index contributed by atoms with van der Waals surface area (Å²) < 4.78 is 13.0. The fraction of sp³-hybridized carbons (Fsp3) is 0.236. The van der Waals surface area contributed by atoms with Crippen LogP contribution in [0.1, 0.15) is 88.8 Å². The van der Waals surface area contributed by atoms with Gasteiger partial charge in [0, 0.05) is 11.1 Å². The van der Waals surface area contributed by atoms with Crippen LogP contribution in [-0.4, -0.2) is 34.1 Å². The van der Waals surface area contributed by atoms with Crippen molar-refractivity contribution in [3.05, 3.63) is 191 Å². The van der Waals surface area contributed by atoms with Crippen molar-refractivity contribution in [1.82, 2.24) is 0 Å². The Bertz CT molecular complexity index is 2840. The van der Waals surface area contributed by atoms with E-state index in [1.54, 1.807) is 0 Å². The minimum atomic E-state index is -0.614. The molecule has 0 unspecified atom stereocenters. The van der Waals surface area contributed by atoms with E-state index < -0.39 is 16.6 Å². The van der Waals surface area contributed by atoms with Gasteiger partial charge in [0.1, 0.15) is 11.2 Å². The van der Waals surface area contributed by atoms with Crippen LogP contribution in [0.15, 0.2) is 168 Å². The molecule has 0 aromatic heterocycles. The van der Waals surface area contributed by atoms with Crippen LogP contribution < -0.4 is 0 Å². The zero-order chi connectivity index (χ0) is 41.0. The highest BCUT2D eigenvalue weighted by Crippen LogP contribution is 2.59. The summed E-state index contributed by atoms with van der Waals surface area (Å²) in [6, 6.07) is 58.0. The van der Waals surface area contributed by atoms with Gasteiger partial charge in [-0.15, -0.1) is 0 Å². The number of fused-ring (bicyclic) bond motifs is 5. The van der Waals surface area contributed by atoms with E-state index in [9.17, 15) is 0 Å². The Kier molecular flexibility index (Phi) is 8.08. The summed E-state index contributed by atoms with van der Waals surface area (Å²) in [4.78, 5) is 10.1. The van der Waals surface area contributed by atoms with Crippen molar-refractivity contribution in [2.45, 2.75) is 83.1 Å². The molecule has 2 aliphatic heterocycles. The molecular formula is C55H50N2O2. The minimum Gasteiger partial charge on any atom is -0.469 e. The van der Waals surface area contributed by atoms with Gasteiger partial charge in [-0.2, -0.15) is 0 Å². The molecule has 7 aromatic rings. The topological polar surface area (TPSA) is 43.2 Å². The fourth-order valence-corrected chi connectivity index (χ4v) is 9.22. The molecule has 59 heavy (non-hydrogen) atoms. The molecular weight excluding hydrogens is 721 g/mol. The molecule has 0 N–H and O–H groups in total. The lowest BCUT2D eigenvalue weighted by Crippen LogP contribution is -2.41. The van der Waals surface area contributed by atoms with E-state index in [4.69, 9.17) is 19.5 Å². The Hall–Kier alpha value is -6.26. The number of benzene rings is 7. The van der Waals surface area contributed by atoms with Crippen LogP contribution in [-0.2, 0) is 14.9 Å². The van der Waals surface area contributed by atoms with Gasteiger partial charge in [0.2, 0.25) is 11.8 Å². The number of nitrogens with zero attached hydrogens (tertiary/aromatic N) is 2. The largest absolute Gasteiger partial charge is 0.469 e. The Morgan fingerprint density at radius 1 is 0.373 bits per heavy atom. The molecule has 1 aliphatic carbocycles. The molecule has 2 heterocycles. The van der Waals surface area contributed by atoms with E-state index in [-0.39, 0.29) is 11.1 Å². The first kappa shape index (κ1) is 37.0. The Morgan fingerprint density at radius 2 is 0.847 bits per heavy atom. The van der Waals surface area contributed by atoms with Crippen molar-refractivity contribution in [3.63, 3.8) is 0 Å². The van der Waals surface area contributed by atoms with Crippen LogP contribution in [0.5, 0.6) is 0 Å². The molecule has 0 spiro atoms. The first-order valence-corrected chi connectivity index (χ1v) is 20.8. The summed E-state index contributed by atoms with van der Waals surface area (Å²) in [7, 11) is 0. The van der Waals surface area contributed by atoms with Crippen LogP contribution in [0.4, 0.5) is 0 Å². The standard InChI is InChI=1S/C55H50N2O2/c1-51(2)53(5,6)58-49(56-51)38-21-17-19-35(31-38)36-29-30-44-46(33-36)55(40-23-11-9-12-24-40,41-25-13-10-14-26-41)47-34-45(42-27-15-16-28-43(42)48(44)47)37-20-18-22-39(32-37)50-57-52(3,4)54(7,8)59-50/h9-34H,1-8H3. The SMILES string of the molecule is CC1(C)N=C(c2cccc(-c3ccc4c(c3)C(c3ccccc3)(c3ccccc3)c3cc(-c5cccc(C6=NC(C)(C)C(C)(C)O6)c5)c5ccccc5c3-4)c2)OC1(C)C. The van der Waals surface area contributed by atoms with E-state index in [1.807, 2.05) is 0 Å². The van der Waals surface area contributed by atoms with Gasteiger partial charge in [0.05, 0.1) is 16.5 Å². The average molecular weight is 771 g/mol. The lowest BCUT2D eigenvalue weighted by Gasteiger charge is -2.34. The van der Waals surface area contributed by atoms with E-state index >= 15 is 0 Å². The Balaban J connectivity index is 1.22. The molecule has 3 aliphatic rings. The zero-order valence-electron chi connectivity index (χ0n) is 35.2. The summed E-state index contributed by atoms with van der Waals surface area (Å²) in [6.07, 6.45) is 0. The molecule has 0 saturated carbocycles. The van der Waals surface area contributed by atoms with Gasteiger partial charge < -0.3 is 9.47 Å². The fourth-order valence-electron chi connectivity index (χ4n) is 9.22. The molecule has 4 nitrogen and oxygen atoms in total. The number of hydrogen-bond donors (Lipinski definition) is 0. The average Bonchev–Trinajstić information content (AvgIpc) is 3.75. The summed E-state index contributed by atoms with van der Waals surface area (Å²) >= 11 is 0. The van der Waals surface area contributed by atoms with Crippen molar-refractivity contribution in [2.24, 2.45) is 9.98 Å². The third kappa shape index (κ3) is 5.56. The van der Waals surface area contributed by atoms with Crippen LogP contribution in [0, 0.1) is 0 Å². The molecule has 0 atom stereocenters. The Labute approximate surface area is 348 Å². The van der Waals surface area contributed by atoms with Gasteiger partial charge in [0.15, 0.2) is 0 Å². The highest BCUT2D eigenvalue weighted by Gasteiger charge is 2.49. The molecule has 0 saturated heterocycles. The molecule has 0 amide bonds. The maximum Gasteiger partial charge on any atom is 0.217 e. The van der Waals surface area contributed by atoms with E-state index in [1.165, 1.54) is 49.7 Å².